The van der Waals surface area contributed by atoms with Crippen molar-refractivity contribution >= 4 is 0 Å². The lowest BCUT2D eigenvalue weighted by molar-refractivity contribution is 0.102. The maximum Gasteiger partial charge on any atom is 0.125 e. The van der Waals surface area contributed by atoms with Crippen molar-refractivity contribution in [1.29, 1.82) is 0 Å². The fourth-order valence-corrected chi connectivity index (χ4v) is 3.21. The Morgan fingerprint density at radius 2 is 1.56 bits per heavy atom. The van der Waals surface area contributed by atoms with Crippen molar-refractivity contribution in [2.45, 2.75) is 53.2 Å². The first-order chi connectivity index (χ1) is 11.9. The molecule has 0 aliphatic rings. The van der Waals surface area contributed by atoms with E-state index in [4.69, 9.17) is 4.74 Å². The van der Waals surface area contributed by atoms with Crippen LogP contribution < -0.4 is 10.1 Å². The van der Waals surface area contributed by atoms with Gasteiger partial charge >= 0.3 is 0 Å². The third-order valence-electron chi connectivity index (χ3n) is 4.51. The molecule has 3 heteroatoms. The number of rotatable bonds is 8. The minimum absolute atomic E-state index is 0.248. The first kappa shape index (κ1) is 19.5. The van der Waals surface area contributed by atoms with Crippen molar-refractivity contribution in [2.75, 3.05) is 13.2 Å². The molecule has 2 aromatic carbocycles. The summed E-state index contributed by atoms with van der Waals surface area (Å²) < 4.78 is 5.88. The van der Waals surface area contributed by atoms with E-state index in [-0.39, 0.29) is 6.04 Å². The molecule has 2 atom stereocenters. The smallest absolute Gasteiger partial charge is 0.125 e. The van der Waals surface area contributed by atoms with Gasteiger partial charge in [-0.1, -0.05) is 54.4 Å². The zero-order valence-corrected chi connectivity index (χ0v) is 16.1. The van der Waals surface area contributed by atoms with Crippen molar-refractivity contribution in [3.05, 3.63) is 64.2 Å². The van der Waals surface area contributed by atoms with Crippen molar-refractivity contribution in [1.82, 2.24) is 5.32 Å². The monoisotopic (exact) mass is 341 g/mol. The van der Waals surface area contributed by atoms with E-state index in [2.05, 4.69) is 62.5 Å². The fraction of sp³-hybridized carbons (Fsp3) is 0.455. The Labute approximate surface area is 152 Å². The predicted octanol–water partition coefficient (Wildman–Crippen LogP) is 4.40. The molecule has 25 heavy (non-hydrogen) atoms. The van der Waals surface area contributed by atoms with Gasteiger partial charge in [0.25, 0.3) is 0 Å². The second kappa shape index (κ2) is 9.02. The molecule has 2 N–H and O–H groups in total. The third kappa shape index (κ3) is 5.58. The largest absolute Gasteiger partial charge is 0.490 e. The van der Waals surface area contributed by atoms with Gasteiger partial charge in [0.15, 0.2) is 0 Å². The number of nitrogens with one attached hydrogen (secondary N) is 1. The number of hydrogen-bond donors (Lipinski definition) is 2. The van der Waals surface area contributed by atoms with Crippen LogP contribution in [0.25, 0.3) is 0 Å². The SMILES string of the molecule is CCC(NCC(O)COc1c(C)cc(C)cc1C)c1ccc(C)cc1. The van der Waals surface area contributed by atoms with Gasteiger partial charge in [-0.25, -0.2) is 0 Å². The lowest BCUT2D eigenvalue weighted by atomic mass is 10.0. The van der Waals surface area contributed by atoms with Gasteiger partial charge < -0.3 is 15.2 Å². The highest BCUT2D eigenvalue weighted by atomic mass is 16.5. The summed E-state index contributed by atoms with van der Waals surface area (Å²) in [7, 11) is 0. The molecule has 0 aliphatic heterocycles. The summed E-state index contributed by atoms with van der Waals surface area (Å²) in [5.41, 5.74) is 5.98. The molecule has 0 radical (unpaired) electrons. The molecule has 0 saturated carbocycles. The number of aliphatic hydroxyl groups is 1. The summed E-state index contributed by atoms with van der Waals surface area (Å²) in [6.45, 7) is 11.2. The predicted molar refractivity (Wildman–Crippen MR) is 104 cm³/mol. The van der Waals surface area contributed by atoms with Gasteiger partial charge in [0.1, 0.15) is 18.5 Å². The quantitative estimate of drug-likeness (QED) is 0.748. The fourth-order valence-electron chi connectivity index (χ4n) is 3.21. The van der Waals surface area contributed by atoms with Gasteiger partial charge in [-0.05, 0) is 50.8 Å². The molecule has 0 bridgehead atoms. The summed E-state index contributed by atoms with van der Waals surface area (Å²) in [6.07, 6.45) is 0.437. The van der Waals surface area contributed by atoms with E-state index in [0.29, 0.717) is 13.2 Å². The summed E-state index contributed by atoms with van der Waals surface area (Å²) >= 11 is 0. The average molecular weight is 341 g/mol. The summed E-state index contributed by atoms with van der Waals surface area (Å²) in [4.78, 5) is 0. The average Bonchev–Trinajstić information content (AvgIpc) is 2.56. The minimum Gasteiger partial charge on any atom is -0.490 e. The molecule has 0 spiro atoms. The molecule has 0 heterocycles. The molecule has 2 rings (SSSR count). The van der Waals surface area contributed by atoms with Crippen LogP contribution in [-0.2, 0) is 0 Å². The highest BCUT2D eigenvalue weighted by Crippen LogP contribution is 2.24. The van der Waals surface area contributed by atoms with Crippen LogP contribution in [0.2, 0.25) is 0 Å². The summed E-state index contributed by atoms with van der Waals surface area (Å²) in [5.74, 6) is 0.884. The molecular formula is C22H31NO2. The number of hydrogen-bond acceptors (Lipinski definition) is 3. The van der Waals surface area contributed by atoms with E-state index in [1.165, 1.54) is 16.7 Å². The second-order valence-corrected chi connectivity index (χ2v) is 6.97. The Kier molecular flexibility index (Phi) is 7.03. The molecule has 0 saturated heterocycles. The maximum absolute atomic E-state index is 10.3. The van der Waals surface area contributed by atoms with Crippen molar-refractivity contribution in [3.8, 4) is 5.75 Å². The maximum atomic E-state index is 10.3. The Balaban J connectivity index is 1.87. The zero-order chi connectivity index (χ0) is 18.4. The molecule has 0 aromatic heterocycles. The van der Waals surface area contributed by atoms with Gasteiger partial charge in [0.2, 0.25) is 0 Å². The summed E-state index contributed by atoms with van der Waals surface area (Å²) in [5, 5.41) is 13.7. The van der Waals surface area contributed by atoms with E-state index in [1.54, 1.807) is 0 Å². The number of aliphatic hydroxyl groups excluding tert-OH is 1. The van der Waals surface area contributed by atoms with Gasteiger partial charge in [-0.3, -0.25) is 0 Å². The highest BCUT2D eigenvalue weighted by Gasteiger charge is 2.13. The lowest BCUT2D eigenvalue weighted by Crippen LogP contribution is -2.34. The van der Waals surface area contributed by atoms with Crippen molar-refractivity contribution < 1.29 is 9.84 Å². The zero-order valence-electron chi connectivity index (χ0n) is 16.1. The molecule has 3 nitrogen and oxygen atoms in total. The highest BCUT2D eigenvalue weighted by molar-refractivity contribution is 5.42. The van der Waals surface area contributed by atoms with Gasteiger partial charge in [-0.15, -0.1) is 0 Å². The lowest BCUT2D eigenvalue weighted by Gasteiger charge is -2.21. The normalized spacial score (nSPS) is 13.5. The van der Waals surface area contributed by atoms with E-state index < -0.39 is 6.10 Å². The molecule has 2 aromatic rings. The Morgan fingerprint density at radius 1 is 0.960 bits per heavy atom. The van der Waals surface area contributed by atoms with Gasteiger partial charge in [0, 0.05) is 12.6 Å². The van der Waals surface area contributed by atoms with Crippen LogP contribution >= 0.6 is 0 Å². The minimum atomic E-state index is -0.542. The first-order valence-corrected chi connectivity index (χ1v) is 9.09. The van der Waals surface area contributed by atoms with Crippen LogP contribution in [-0.4, -0.2) is 24.4 Å². The number of benzene rings is 2. The second-order valence-electron chi connectivity index (χ2n) is 6.97. The third-order valence-corrected chi connectivity index (χ3v) is 4.51. The van der Waals surface area contributed by atoms with Crippen LogP contribution in [0.5, 0.6) is 5.75 Å². The Morgan fingerprint density at radius 3 is 2.12 bits per heavy atom. The number of aryl methyl sites for hydroxylation is 4. The van der Waals surface area contributed by atoms with Crippen molar-refractivity contribution in [2.24, 2.45) is 0 Å². The molecule has 0 fully saturated rings. The van der Waals surface area contributed by atoms with Gasteiger partial charge in [0.05, 0.1) is 0 Å². The molecule has 2 unspecified atom stereocenters. The van der Waals surface area contributed by atoms with E-state index in [1.807, 2.05) is 13.8 Å². The standard InChI is InChI=1S/C22H31NO2/c1-6-21(19-9-7-15(2)8-10-19)23-13-20(24)14-25-22-17(4)11-16(3)12-18(22)5/h7-12,20-21,23-24H,6,13-14H2,1-5H3. The first-order valence-electron chi connectivity index (χ1n) is 9.09. The van der Waals surface area contributed by atoms with Gasteiger partial charge in [-0.2, -0.15) is 0 Å². The summed E-state index contributed by atoms with van der Waals surface area (Å²) in [6, 6.07) is 13.0. The van der Waals surface area contributed by atoms with E-state index in [9.17, 15) is 5.11 Å². The van der Waals surface area contributed by atoms with Crippen LogP contribution in [0.15, 0.2) is 36.4 Å². The van der Waals surface area contributed by atoms with Crippen LogP contribution in [0.3, 0.4) is 0 Å². The molecule has 0 amide bonds. The van der Waals surface area contributed by atoms with E-state index in [0.717, 1.165) is 23.3 Å². The molecule has 136 valence electrons. The number of ether oxygens (including phenoxy) is 1. The topological polar surface area (TPSA) is 41.5 Å². The van der Waals surface area contributed by atoms with E-state index >= 15 is 0 Å². The Hall–Kier alpha value is -1.84. The van der Waals surface area contributed by atoms with Crippen LogP contribution in [0.4, 0.5) is 0 Å². The van der Waals surface area contributed by atoms with Crippen LogP contribution in [0, 0.1) is 27.7 Å². The Bertz CT molecular complexity index is 656. The van der Waals surface area contributed by atoms with Crippen LogP contribution in [0.1, 0.15) is 47.2 Å². The molecular weight excluding hydrogens is 310 g/mol. The van der Waals surface area contributed by atoms with Crippen molar-refractivity contribution in [3.63, 3.8) is 0 Å². The molecule has 0 aliphatic carbocycles.